The fraction of sp³-hybridized carbons (Fsp3) is 0.120. The highest BCUT2D eigenvalue weighted by atomic mass is 35.5. The van der Waals surface area contributed by atoms with Crippen LogP contribution in [0.25, 0.3) is 11.3 Å². The molecule has 3 heterocycles. The number of aromatic nitrogens is 1. The first-order chi connectivity index (χ1) is 16.0. The Hall–Kier alpha value is -3.06. The van der Waals surface area contributed by atoms with Gasteiger partial charge in [-0.1, -0.05) is 35.3 Å². The van der Waals surface area contributed by atoms with Crippen molar-refractivity contribution in [2.75, 3.05) is 12.0 Å². The largest absolute Gasteiger partial charge is 0.497 e. The number of ether oxygens (including phenoxy) is 1. The molecule has 1 saturated heterocycles. The molecule has 1 N–H and O–H groups in total. The summed E-state index contributed by atoms with van der Waals surface area (Å²) < 4.78 is 11.8. The molecule has 1 aliphatic rings. The van der Waals surface area contributed by atoms with Crippen molar-refractivity contribution in [1.82, 2.24) is 10.3 Å². The van der Waals surface area contributed by atoms with Crippen LogP contribution in [0.1, 0.15) is 23.5 Å². The highest BCUT2D eigenvalue weighted by Crippen LogP contribution is 2.44. The van der Waals surface area contributed by atoms with Crippen LogP contribution in [0.5, 0.6) is 5.75 Å². The molecule has 1 aliphatic heterocycles. The molecule has 0 spiro atoms. The van der Waals surface area contributed by atoms with E-state index in [0.29, 0.717) is 20.9 Å². The number of pyridine rings is 1. The van der Waals surface area contributed by atoms with E-state index in [9.17, 15) is 0 Å². The van der Waals surface area contributed by atoms with Gasteiger partial charge in [0.15, 0.2) is 5.11 Å². The summed E-state index contributed by atoms with van der Waals surface area (Å²) in [6.07, 6.45) is 1.77. The number of hydrogen-bond acceptors (Lipinski definition) is 4. The van der Waals surface area contributed by atoms with E-state index in [2.05, 4.69) is 10.3 Å². The van der Waals surface area contributed by atoms with Crippen LogP contribution in [0, 0.1) is 0 Å². The van der Waals surface area contributed by atoms with Crippen molar-refractivity contribution in [2.24, 2.45) is 0 Å². The van der Waals surface area contributed by atoms with Crippen molar-refractivity contribution in [3.63, 3.8) is 0 Å². The molecule has 2 aromatic heterocycles. The van der Waals surface area contributed by atoms with Gasteiger partial charge in [0.1, 0.15) is 23.3 Å². The molecular formula is C25H19Cl2N3O2S. The molecule has 0 radical (unpaired) electrons. The minimum Gasteiger partial charge on any atom is -0.497 e. The Morgan fingerprint density at radius 1 is 1.03 bits per heavy atom. The van der Waals surface area contributed by atoms with Crippen molar-refractivity contribution in [2.45, 2.75) is 12.1 Å². The predicted molar refractivity (Wildman–Crippen MR) is 135 cm³/mol. The molecule has 2 atom stereocenters. The molecule has 2 aromatic carbocycles. The number of nitrogens with zero attached hydrogens (tertiary/aromatic N) is 2. The smallest absolute Gasteiger partial charge is 0.174 e. The summed E-state index contributed by atoms with van der Waals surface area (Å²) in [6.45, 7) is 0. The summed E-state index contributed by atoms with van der Waals surface area (Å²) in [5, 5.41) is 5.09. The lowest BCUT2D eigenvalue weighted by Crippen LogP contribution is -2.29. The number of halogens is 2. The summed E-state index contributed by atoms with van der Waals surface area (Å²) in [6, 6.07) is 22.3. The third kappa shape index (κ3) is 4.17. The Morgan fingerprint density at radius 2 is 1.91 bits per heavy atom. The van der Waals surface area contributed by atoms with Gasteiger partial charge in [-0.3, -0.25) is 4.98 Å². The van der Waals surface area contributed by atoms with Crippen molar-refractivity contribution < 1.29 is 9.15 Å². The molecule has 0 bridgehead atoms. The van der Waals surface area contributed by atoms with E-state index in [1.54, 1.807) is 25.4 Å². The topological polar surface area (TPSA) is 50.5 Å². The van der Waals surface area contributed by atoms with Crippen molar-refractivity contribution in [1.29, 1.82) is 0 Å². The number of anilines is 1. The predicted octanol–water partition coefficient (Wildman–Crippen LogP) is 6.83. The molecule has 0 aliphatic carbocycles. The Labute approximate surface area is 206 Å². The molecule has 33 heavy (non-hydrogen) atoms. The third-order valence-corrected chi connectivity index (χ3v) is 6.41. The van der Waals surface area contributed by atoms with E-state index >= 15 is 0 Å². The van der Waals surface area contributed by atoms with E-state index in [0.717, 1.165) is 28.5 Å². The maximum absolute atomic E-state index is 6.43. The van der Waals surface area contributed by atoms with E-state index < -0.39 is 0 Å². The average molecular weight is 496 g/mol. The fourth-order valence-electron chi connectivity index (χ4n) is 4.03. The normalized spacial score (nSPS) is 17.8. The van der Waals surface area contributed by atoms with Crippen LogP contribution < -0.4 is 15.0 Å². The minimum absolute atomic E-state index is 0.218. The second-order valence-electron chi connectivity index (χ2n) is 7.52. The second kappa shape index (κ2) is 9.06. The zero-order valence-electron chi connectivity index (χ0n) is 17.5. The number of hydrogen-bond donors (Lipinski definition) is 1. The van der Waals surface area contributed by atoms with Crippen LogP contribution in [-0.4, -0.2) is 17.2 Å². The van der Waals surface area contributed by atoms with Gasteiger partial charge in [-0.25, -0.2) is 0 Å². The summed E-state index contributed by atoms with van der Waals surface area (Å²) >= 11 is 18.3. The maximum Gasteiger partial charge on any atom is 0.174 e. The van der Waals surface area contributed by atoms with Crippen LogP contribution >= 0.6 is 35.4 Å². The van der Waals surface area contributed by atoms with Gasteiger partial charge in [0.2, 0.25) is 0 Å². The number of furan rings is 1. The van der Waals surface area contributed by atoms with E-state index in [1.807, 2.05) is 65.6 Å². The molecule has 8 heteroatoms. The Bertz CT molecular complexity index is 1310. The highest BCUT2D eigenvalue weighted by molar-refractivity contribution is 7.80. The molecule has 166 valence electrons. The van der Waals surface area contributed by atoms with Gasteiger partial charge in [-0.15, -0.1) is 0 Å². The first kappa shape index (κ1) is 21.8. The van der Waals surface area contributed by atoms with Gasteiger partial charge in [0.25, 0.3) is 0 Å². The van der Waals surface area contributed by atoms with Crippen molar-refractivity contribution in [3.8, 4) is 17.1 Å². The van der Waals surface area contributed by atoms with Gasteiger partial charge < -0.3 is 19.4 Å². The average Bonchev–Trinajstić information content (AvgIpc) is 3.44. The number of methoxy groups -OCH3 is 1. The molecule has 0 unspecified atom stereocenters. The van der Waals surface area contributed by atoms with Gasteiger partial charge in [0.05, 0.1) is 23.9 Å². The van der Waals surface area contributed by atoms with Crippen LogP contribution in [0.3, 0.4) is 0 Å². The van der Waals surface area contributed by atoms with E-state index in [1.165, 1.54) is 0 Å². The first-order valence-electron chi connectivity index (χ1n) is 10.2. The molecule has 1 fully saturated rings. The summed E-state index contributed by atoms with van der Waals surface area (Å²) in [5.74, 6) is 2.11. The van der Waals surface area contributed by atoms with Crippen LogP contribution in [0.2, 0.25) is 10.0 Å². The third-order valence-electron chi connectivity index (χ3n) is 5.54. The minimum atomic E-state index is -0.278. The number of thiocarbonyl (C=S) groups is 1. The lowest BCUT2D eigenvalue weighted by atomic mass is 10.0. The van der Waals surface area contributed by atoms with Crippen LogP contribution in [0.15, 0.2) is 83.4 Å². The first-order valence-corrected chi connectivity index (χ1v) is 11.4. The quantitative estimate of drug-likeness (QED) is 0.306. The van der Waals surface area contributed by atoms with Crippen molar-refractivity contribution in [3.05, 3.63) is 100 Å². The zero-order chi connectivity index (χ0) is 22.9. The lowest BCUT2D eigenvalue weighted by Gasteiger charge is -2.26. The van der Waals surface area contributed by atoms with Crippen LogP contribution in [0.4, 0.5) is 5.69 Å². The fourth-order valence-corrected chi connectivity index (χ4v) is 4.88. The summed E-state index contributed by atoms with van der Waals surface area (Å²) in [4.78, 5) is 6.60. The Balaban J connectivity index is 1.61. The SMILES string of the molecule is COc1cccc(N2C(=S)N[C@@H](c3ccccn3)[C@@H]2c2ccc(-c3ccc(Cl)cc3Cl)o2)c1. The second-order valence-corrected chi connectivity index (χ2v) is 8.75. The van der Waals surface area contributed by atoms with Crippen LogP contribution in [-0.2, 0) is 0 Å². The number of benzene rings is 2. The summed E-state index contributed by atoms with van der Waals surface area (Å²) in [7, 11) is 1.64. The lowest BCUT2D eigenvalue weighted by molar-refractivity contribution is 0.414. The van der Waals surface area contributed by atoms with Gasteiger partial charge >= 0.3 is 0 Å². The number of nitrogens with one attached hydrogen (secondary N) is 1. The van der Waals surface area contributed by atoms with Crippen molar-refractivity contribution >= 4 is 46.2 Å². The number of rotatable bonds is 5. The maximum atomic E-state index is 6.43. The molecule has 4 aromatic rings. The molecule has 5 nitrogen and oxygen atoms in total. The molecular weight excluding hydrogens is 477 g/mol. The van der Waals surface area contributed by atoms with E-state index in [4.69, 9.17) is 44.6 Å². The molecule has 0 saturated carbocycles. The Morgan fingerprint density at radius 3 is 2.67 bits per heavy atom. The highest BCUT2D eigenvalue weighted by Gasteiger charge is 2.42. The van der Waals surface area contributed by atoms with Gasteiger partial charge in [-0.05, 0) is 66.8 Å². The summed E-state index contributed by atoms with van der Waals surface area (Å²) in [5.41, 5.74) is 2.51. The molecule has 5 rings (SSSR count). The Kier molecular flexibility index (Phi) is 5.98. The standard InChI is InChI=1S/C25H19Cl2N3O2S/c1-31-17-6-4-5-16(14-17)30-24(23(29-25(30)33)20-7-2-3-12-28-20)22-11-10-21(32-22)18-9-8-15(26)13-19(18)27/h2-14,23-24H,1H3,(H,29,33)/t23-,24-/m0/s1. The van der Waals surface area contributed by atoms with E-state index in [-0.39, 0.29) is 12.1 Å². The zero-order valence-corrected chi connectivity index (χ0v) is 19.9. The molecule has 0 amide bonds. The van der Waals surface area contributed by atoms with Gasteiger partial charge in [0, 0.05) is 28.5 Å². The van der Waals surface area contributed by atoms with Gasteiger partial charge in [-0.2, -0.15) is 0 Å². The monoisotopic (exact) mass is 495 g/mol.